The van der Waals surface area contributed by atoms with Gasteiger partial charge in [0.15, 0.2) is 5.65 Å². The van der Waals surface area contributed by atoms with Crippen molar-refractivity contribution in [3.8, 4) is 11.4 Å². The van der Waals surface area contributed by atoms with Crippen molar-refractivity contribution < 1.29 is 4.74 Å². The molecular weight excluding hydrogens is 286 g/mol. The van der Waals surface area contributed by atoms with Crippen LogP contribution in [0.5, 0.6) is 5.75 Å². The Hall–Kier alpha value is -2.07. The fraction of sp³-hybridized carbons (Fsp3) is 0.250. The molecule has 0 spiro atoms. The van der Waals surface area contributed by atoms with Gasteiger partial charge in [-0.05, 0) is 37.6 Å². The molecule has 0 aliphatic carbocycles. The summed E-state index contributed by atoms with van der Waals surface area (Å²) in [7, 11) is 0. The van der Waals surface area contributed by atoms with Gasteiger partial charge in [0.25, 0.3) is 0 Å². The van der Waals surface area contributed by atoms with Crippen LogP contribution in [0.1, 0.15) is 18.3 Å². The molecule has 0 radical (unpaired) electrons. The number of aryl methyl sites for hydroxylation is 1. The fourth-order valence-corrected chi connectivity index (χ4v) is 2.53. The van der Waals surface area contributed by atoms with Gasteiger partial charge in [-0.2, -0.15) is 0 Å². The number of halogens is 1. The maximum Gasteiger partial charge on any atom is 0.164 e. The highest BCUT2D eigenvalue weighted by molar-refractivity contribution is 6.16. The lowest BCUT2D eigenvalue weighted by atomic mass is 10.3. The Kier molecular flexibility index (Phi) is 3.80. The first-order valence-corrected chi connectivity index (χ1v) is 7.39. The summed E-state index contributed by atoms with van der Waals surface area (Å²) in [6, 6.07) is 9.88. The van der Waals surface area contributed by atoms with Gasteiger partial charge in [0.1, 0.15) is 17.1 Å². The van der Waals surface area contributed by atoms with Crippen LogP contribution in [0.15, 0.2) is 36.5 Å². The van der Waals surface area contributed by atoms with Gasteiger partial charge in [0.2, 0.25) is 0 Å². The largest absolute Gasteiger partial charge is 0.494 e. The second kappa shape index (κ2) is 5.74. The van der Waals surface area contributed by atoms with Crippen LogP contribution in [0.3, 0.4) is 0 Å². The Morgan fingerprint density at radius 1 is 1.29 bits per heavy atom. The van der Waals surface area contributed by atoms with E-state index in [9.17, 15) is 0 Å². The summed E-state index contributed by atoms with van der Waals surface area (Å²) in [4.78, 5) is 9.07. The molecular formula is C16H16ClN3O. The summed E-state index contributed by atoms with van der Waals surface area (Å²) in [5, 5.41) is 0. The second-order valence-electron chi connectivity index (χ2n) is 4.78. The lowest BCUT2D eigenvalue weighted by Gasteiger charge is -2.09. The van der Waals surface area contributed by atoms with Gasteiger partial charge in [-0.25, -0.2) is 9.97 Å². The van der Waals surface area contributed by atoms with Crippen molar-refractivity contribution in [2.24, 2.45) is 0 Å². The number of fused-ring (bicyclic) bond motifs is 1. The zero-order valence-electron chi connectivity index (χ0n) is 12.0. The average molecular weight is 302 g/mol. The van der Waals surface area contributed by atoms with Gasteiger partial charge in [-0.3, -0.25) is 4.57 Å². The van der Waals surface area contributed by atoms with E-state index >= 15 is 0 Å². The number of pyridine rings is 1. The lowest BCUT2D eigenvalue weighted by molar-refractivity contribution is 0.340. The van der Waals surface area contributed by atoms with E-state index in [0.717, 1.165) is 34.0 Å². The number of rotatable bonds is 4. The molecule has 0 aliphatic rings. The molecule has 0 bridgehead atoms. The van der Waals surface area contributed by atoms with E-state index < -0.39 is 0 Å². The predicted octanol–water partition coefficient (Wildman–Crippen LogP) is 3.87. The number of imidazole rings is 1. The first kappa shape index (κ1) is 13.9. The van der Waals surface area contributed by atoms with E-state index in [4.69, 9.17) is 16.3 Å². The predicted molar refractivity (Wildman–Crippen MR) is 84.3 cm³/mol. The molecule has 1 aromatic carbocycles. The third-order valence-electron chi connectivity index (χ3n) is 3.21. The maximum absolute atomic E-state index is 6.05. The number of aromatic nitrogens is 3. The van der Waals surface area contributed by atoms with E-state index in [-0.39, 0.29) is 0 Å². The zero-order valence-corrected chi connectivity index (χ0v) is 12.8. The Morgan fingerprint density at radius 3 is 2.90 bits per heavy atom. The Balaban J connectivity index is 2.20. The first-order chi connectivity index (χ1) is 10.2. The van der Waals surface area contributed by atoms with Crippen molar-refractivity contribution in [2.75, 3.05) is 6.61 Å². The molecule has 3 aromatic rings. The highest BCUT2D eigenvalue weighted by Gasteiger charge is 2.13. The van der Waals surface area contributed by atoms with Crippen LogP contribution < -0.4 is 4.74 Å². The molecule has 3 rings (SSSR count). The van der Waals surface area contributed by atoms with Gasteiger partial charge in [-0.15, -0.1) is 11.6 Å². The minimum Gasteiger partial charge on any atom is -0.494 e. The van der Waals surface area contributed by atoms with Crippen LogP contribution in [0, 0.1) is 6.92 Å². The molecule has 0 fully saturated rings. The molecule has 0 N–H and O–H groups in total. The molecule has 5 heteroatoms. The molecule has 2 aromatic heterocycles. The lowest BCUT2D eigenvalue weighted by Crippen LogP contribution is -2.01. The highest BCUT2D eigenvalue weighted by atomic mass is 35.5. The van der Waals surface area contributed by atoms with Crippen molar-refractivity contribution in [1.82, 2.24) is 14.5 Å². The summed E-state index contributed by atoms with van der Waals surface area (Å²) in [5.41, 5.74) is 3.70. The van der Waals surface area contributed by atoms with Gasteiger partial charge in [0.05, 0.1) is 18.2 Å². The number of ether oxygens (including phenoxy) is 1. The van der Waals surface area contributed by atoms with Crippen LogP contribution in [0.2, 0.25) is 0 Å². The maximum atomic E-state index is 6.05. The van der Waals surface area contributed by atoms with Gasteiger partial charge < -0.3 is 4.74 Å². The molecule has 4 nitrogen and oxygen atoms in total. The molecule has 0 aliphatic heterocycles. The van der Waals surface area contributed by atoms with Gasteiger partial charge in [0, 0.05) is 12.3 Å². The van der Waals surface area contributed by atoms with Crippen molar-refractivity contribution in [1.29, 1.82) is 0 Å². The van der Waals surface area contributed by atoms with Crippen LogP contribution in [-0.2, 0) is 5.88 Å². The van der Waals surface area contributed by atoms with E-state index in [1.807, 2.05) is 54.9 Å². The van der Waals surface area contributed by atoms with E-state index in [1.54, 1.807) is 0 Å². The van der Waals surface area contributed by atoms with Crippen LogP contribution in [-0.4, -0.2) is 21.1 Å². The molecule has 2 heterocycles. The molecule has 21 heavy (non-hydrogen) atoms. The standard InChI is InChI=1S/C16H16ClN3O/c1-3-21-13-6-4-5-12(8-13)20-15(9-17)19-14-7-11(2)10-18-16(14)20/h4-8,10H,3,9H2,1-2H3. The molecule has 108 valence electrons. The van der Waals surface area contributed by atoms with Crippen molar-refractivity contribution >= 4 is 22.8 Å². The number of benzene rings is 1. The minimum absolute atomic E-state index is 0.328. The normalized spacial score (nSPS) is 11.0. The fourth-order valence-electron chi connectivity index (χ4n) is 2.35. The van der Waals surface area contributed by atoms with Crippen molar-refractivity contribution in [3.05, 3.63) is 47.9 Å². The van der Waals surface area contributed by atoms with Crippen molar-refractivity contribution in [2.45, 2.75) is 19.7 Å². The van der Waals surface area contributed by atoms with Crippen LogP contribution >= 0.6 is 11.6 Å². The quantitative estimate of drug-likeness (QED) is 0.687. The SMILES string of the molecule is CCOc1cccc(-n2c(CCl)nc3cc(C)cnc32)c1. The molecule has 0 amide bonds. The summed E-state index contributed by atoms with van der Waals surface area (Å²) in [6.07, 6.45) is 1.84. The summed E-state index contributed by atoms with van der Waals surface area (Å²) < 4.78 is 7.54. The zero-order chi connectivity index (χ0) is 14.8. The van der Waals surface area contributed by atoms with E-state index in [1.165, 1.54) is 0 Å². The number of nitrogens with zero attached hydrogens (tertiary/aromatic N) is 3. The number of hydrogen-bond acceptors (Lipinski definition) is 3. The molecule has 0 saturated carbocycles. The second-order valence-corrected chi connectivity index (χ2v) is 5.05. The Morgan fingerprint density at radius 2 is 2.14 bits per heavy atom. The van der Waals surface area contributed by atoms with Gasteiger partial charge in [-0.1, -0.05) is 6.07 Å². The smallest absolute Gasteiger partial charge is 0.164 e. The van der Waals surface area contributed by atoms with Crippen LogP contribution in [0.25, 0.3) is 16.9 Å². The van der Waals surface area contributed by atoms with Gasteiger partial charge >= 0.3 is 0 Å². The Labute approximate surface area is 128 Å². The number of alkyl halides is 1. The molecule has 0 atom stereocenters. The average Bonchev–Trinajstić information content (AvgIpc) is 2.85. The highest BCUT2D eigenvalue weighted by Crippen LogP contribution is 2.24. The monoisotopic (exact) mass is 301 g/mol. The van der Waals surface area contributed by atoms with E-state index in [2.05, 4.69) is 9.97 Å². The summed E-state index contributed by atoms with van der Waals surface area (Å²) >= 11 is 6.05. The molecule has 0 saturated heterocycles. The summed E-state index contributed by atoms with van der Waals surface area (Å²) in [5.74, 6) is 1.93. The Bertz CT molecular complexity index is 782. The van der Waals surface area contributed by atoms with Crippen molar-refractivity contribution in [3.63, 3.8) is 0 Å². The summed E-state index contributed by atoms with van der Waals surface area (Å²) in [6.45, 7) is 4.60. The number of hydrogen-bond donors (Lipinski definition) is 0. The third kappa shape index (κ3) is 2.59. The van der Waals surface area contributed by atoms with E-state index in [0.29, 0.717) is 12.5 Å². The van der Waals surface area contributed by atoms with Crippen LogP contribution in [0.4, 0.5) is 0 Å². The molecule has 0 unspecified atom stereocenters. The topological polar surface area (TPSA) is 39.9 Å². The third-order valence-corrected chi connectivity index (χ3v) is 3.45. The first-order valence-electron chi connectivity index (χ1n) is 6.86. The minimum atomic E-state index is 0.328.